The van der Waals surface area contributed by atoms with Crippen LogP contribution < -0.4 is 11.1 Å². The number of anilines is 1. The van der Waals surface area contributed by atoms with Crippen LogP contribution in [-0.2, 0) is 22.8 Å². The molecule has 29 heavy (non-hydrogen) atoms. The molecule has 146 valence electrons. The summed E-state index contributed by atoms with van der Waals surface area (Å²) in [4.78, 5) is 25.0. The van der Waals surface area contributed by atoms with E-state index in [2.05, 4.69) is 5.32 Å². The quantitative estimate of drug-likeness (QED) is 0.561. The van der Waals surface area contributed by atoms with Crippen molar-refractivity contribution in [2.24, 2.45) is 0 Å². The molecule has 3 heterocycles. The van der Waals surface area contributed by atoms with Crippen molar-refractivity contribution in [1.82, 2.24) is 14.3 Å². The number of hydrogen-bond acceptors (Lipinski definition) is 5. The third kappa shape index (κ3) is 3.15. The lowest BCUT2D eigenvalue weighted by Gasteiger charge is -2.12. The fraction of sp³-hybridized carbons (Fsp3) is 0.190. The molecular formula is C21H18N4O3S. The van der Waals surface area contributed by atoms with Crippen molar-refractivity contribution in [2.75, 3.05) is 5.32 Å². The minimum absolute atomic E-state index is 0.128. The van der Waals surface area contributed by atoms with Crippen LogP contribution in [-0.4, -0.2) is 20.3 Å². The fourth-order valence-corrected chi connectivity index (χ4v) is 4.60. The molecule has 8 heteroatoms. The molecule has 0 radical (unpaired) electrons. The maximum atomic E-state index is 12.9. The molecule has 1 N–H and O–H groups in total. The zero-order valence-corrected chi connectivity index (χ0v) is 16.5. The van der Waals surface area contributed by atoms with Crippen LogP contribution in [0.5, 0.6) is 0 Å². The largest absolute Gasteiger partial charge is 0.420 e. The number of nitrogens with one attached hydrogen (secondary N) is 1. The number of fused-ring (bicyclic) bond motifs is 2. The third-order valence-corrected chi connectivity index (χ3v) is 5.90. The van der Waals surface area contributed by atoms with Gasteiger partial charge in [0.2, 0.25) is 5.91 Å². The van der Waals surface area contributed by atoms with Gasteiger partial charge in [-0.15, -0.1) is 0 Å². The Morgan fingerprint density at radius 3 is 2.93 bits per heavy atom. The van der Waals surface area contributed by atoms with E-state index in [1.165, 1.54) is 4.57 Å². The normalized spacial score (nSPS) is 13.0. The first-order valence-corrected chi connectivity index (χ1v) is 10.4. The minimum atomic E-state index is -0.547. The van der Waals surface area contributed by atoms with E-state index in [0.717, 1.165) is 34.0 Å². The first-order valence-electron chi connectivity index (χ1n) is 9.24. The highest BCUT2D eigenvalue weighted by molar-refractivity contribution is 7.98. The number of amides is 1. The van der Waals surface area contributed by atoms with Crippen LogP contribution in [0.3, 0.4) is 0 Å². The van der Waals surface area contributed by atoms with Gasteiger partial charge < -0.3 is 9.73 Å². The minimum Gasteiger partial charge on any atom is -0.408 e. The standard InChI is InChI=1S/C21H18N4O3S/c1-13-5-4-6-14(9-13)25-20(15-11-29-12-16(15)23-25)22-19(26)10-24-17-7-2-3-8-18(17)28-21(24)27/h2-9H,10-12H2,1H3,(H,22,26). The predicted molar refractivity (Wildman–Crippen MR) is 112 cm³/mol. The number of oxazole rings is 1. The fourth-order valence-electron chi connectivity index (χ4n) is 3.57. The van der Waals surface area contributed by atoms with E-state index in [4.69, 9.17) is 9.52 Å². The number of thioether (sulfide) groups is 1. The molecule has 7 nitrogen and oxygen atoms in total. The van der Waals surface area contributed by atoms with Crippen LogP contribution >= 0.6 is 11.8 Å². The van der Waals surface area contributed by atoms with E-state index in [1.54, 1.807) is 34.6 Å². The highest BCUT2D eigenvalue weighted by Gasteiger charge is 2.25. The summed E-state index contributed by atoms with van der Waals surface area (Å²) in [5, 5.41) is 7.70. The highest BCUT2D eigenvalue weighted by Crippen LogP contribution is 2.36. The highest BCUT2D eigenvalue weighted by atomic mass is 32.2. The molecule has 1 aliphatic rings. The summed E-state index contributed by atoms with van der Waals surface area (Å²) >= 11 is 1.77. The lowest BCUT2D eigenvalue weighted by molar-refractivity contribution is -0.116. The second-order valence-electron chi connectivity index (χ2n) is 6.99. The zero-order valence-electron chi connectivity index (χ0n) is 15.7. The molecule has 2 aromatic carbocycles. The Morgan fingerprint density at radius 2 is 2.07 bits per heavy atom. The average molecular weight is 406 g/mol. The number of nitrogens with zero attached hydrogens (tertiary/aromatic N) is 3. The molecular weight excluding hydrogens is 388 g/mol. The van der Waals surface area contributed by atoms with Crippen LogP contribution in [0.1, 0.15) is 16.8 Å². The van der Waals surface area contributed by atoms with Gasteiger partial charge in [-0.25, -0.2) is 9.48 Å². The molecule has 2 aromatic heterocycles. The molecule has 0 fully saturated rings. The number of rotatable bonds is 4. The zero-order chi connectivity index (χ0) is 20.0. The Bertz CT molecular complexity index is 1300. The van der Waals surface area contributed by atoms with E-state index in [9.17, 15) is 9.59 Å². The average Bonchev–Trinajstić information content (AvgIpc) is 3.37. The summed E-state index contributed by atoms with van der Waals surface area (Å²) in [7, 11) is 0. The number of benzene rings is 2. The SMILES string of the molecule is Cc1cccc(-n2nc3c(c2NC(=O)Cn2c(=O)oc4ccccc42)CSC3)c1. The second-order valence-corrected chi connectivity index (χ2v) is 7.97. The number of aromatic nitrogens is 3. The van der Waals surface area contributed by atoms with Crippen molar-refractivity contribution in [3.8, 4) is 5.69 Å². The van der Waals surface area contributed by atoms with Crippen LogP contribution in [0.15, 0.2) is 57.7 Å². The summed E-state index contributed by atoms with van der Waals surface area (Å²) < 4.78 is 8.35. The van der Waals surface area contributed by atoms with Crippen LogP contribution in [0.2, 0.25) is 0 Å². The maximum Gasteiger partial charge on any atom is 0.420 e. The van der Waals surface area contributed by atoms with Gasteiger partial charge in [0.25, 0.3) is 0 Å². The molecule has 1 amide bonds. The van der Waals surface area contributed by atoms with Crippen LogP contribution in [0.25, 0.3) is 16.8 Å². The summed E-state index contributed by atoms with van der Waals surface area (Å²) in [5.41, 5.74) is 5.09. The summed E-state index contributed by atoms with van der Waals surface area (Å²) in [6.45, 7) is 1.89. The van der Waals surface area contributed by atoms with Crippen LogP contribution in [0, 0.1) is 6.92 Å². The molecule has 0 saturated carbocycles. The van der Waals surface area contributed by atoms with Crippen molar-refractivity contribution in [3.05, 3.63) is 75.9 Å². The number of carbonyl (C=O) groups excluding carboxylic acids is 1. The Morgan fingerprint density at radius 1 is 1.21 bits per heavy atom. The number of aryl methyl sites for hydroxylation is 1. The number of para-hydroxylation sites is 2. The lowest BCUT2D eigenvalue weighted by Crippen LogP contribution is -2.26. The topological polar surface area (TPSA) is 82.1 Å². The van der Waals surface area contributed by atoms with Crippen molar-refractivity contribution < 1.29 is 9.21 Å². The molecule has 1 aliphatic heterocycles. The molecule has 0 bridgehead atoms. The number of hydrogen-bond donors (Lipinski definition) is 1. The van der Waals surface area contributed by atoms with Gasteiger partial charge in [0.05, 0.1) is 16.9 Å². The molecule has 4 aromatic rings. The van der Waals surface area contributed by atoms with Gasteiger partial charge in [-0.2, -0.15) is 16.9 Å². The van der Waals surface area contributed by atoms with Crippen molar-refractivity contribution >= 4 is 34.6 Å². The van der Waals surface area contributed by atoms with E-state index in [0.29, 0.717) is 16.9 Å². The Labute approximate surface area is 170 Å². The van der Waals surface area contributed by atoms with Gasteiger partial charge in [-0.1, -0.05) is 24.3 Å². The van der Waals surface area contributed by atoms with Gasteiger partial charge in [-0.3, -0.25) is 9.36 Å². The maximum absolute atomic E-state index is 12.9. The number of carbonyl (C=O) groups is 1. The molecule has 0 saturated heterocycles. The van der Waals surface area contributed by atoms with Crippen molar-refractivity contribution in [1.29, 1.82) is 0 Å². The Hall–Kier alpha value is -3.26. The summed E-state index contributed by atoms with van der Waals surface area (Å²) in [6.07, 6.45) is 0. The van der Waals surface area contributed by atoms with E-state index in [1.807, 2.05) is 37.3 Å². The smallest absolute Gasteiger partial charge is 0.408 e. The molecule has 0 unspecified atom stereocenters. The van der Waals surface area contributed by atoms with Crippen molar-refractivity contribution in [3.63, 3.8) is 0 Å². The first-order chi connectivity index (χ1) is 14.1. The predicted octanol–water partition coefficient (Wildman–Crippen LogP) is 3.47. The van der Waals surface area contributed by atoms with Gasteiger partial charge in [0.1, 0.15) is 12.4 Å². The van der Waals surface area contributed by atoms with Gasteiger partial charge in [0, 0.05) is 17.1 Å². The Kier molecular flexibility index (Phi) is 4.28. The molecule has 0 atom stereocenters. The lowest BCUT2D eigenvalue weighted by atomic mass is 10.2. The van der Waals surface area contributed by atoms with Gasteiger partial charge in [0.15, 0.2) is 5.58 Å². The van der Waals surface area contributed by atoms with Crippen molar-refractivity contribution in [2.45, 2.75) is 25.0 Å². The Balaban J connectivity index is 1.49. The summed E-state index contributed by atoms with van der Waals surface area (Å²) in [5.74, 6) is 1.44. The molecule has 0 aliphatic carbocycles. The second kappa shape index (κ2) is 6.97. The van der Waals surface area contributed by atoms with E-state index >= 15 is 0 Å². The van der Waals surface area contributed by atoms with Gasteiger partial charge >= 0.3 is 5.76 Å². The molecule has 0 spiro atoms. The summed E-state index contributed by atoms with van der Waals surface area (Å²) in [6, 6.07) is 15.0. The van der Waals surface area contributed by atoms with E-state index < -0.39 is 5.76 Å². The monoisotopic (exact) mass is 406 g/mol. The first kappa shape index (κ1) is 17.8. The van der Waals surface area contributed by atoms with Crippen LogP contribution in [0.4, 0.5) is 5.82 Å². The van der Waals surface area contributed by atoms with Gasteiger partial charge in [-0.05, 0) is 36.8 Å². The van der Waals surface area contributed by atoms with E-state index in [-0.39, 0.29) is 12.5 Å². The third-order valence-electron chi connectivity index (χ3n) is 4.93. The molecule has 5 rings (SSSR count).